The highest BCUT2D eigenvalue weighted by atomic mass is 35.5. The molecule has 0 spiro atoms. The van der Waals surface area contributed by atoms with Crippen molar-refractivity contribution in [3.8, 4) is 5.75 Å². The molecule has 0 bridgehead atoms. The summed E-state index contributed by atoms with van der Waals surface area (Å²) in [6, 6.07) is 5.91. The van der Waals surface area contributed by atoms with Crippen LogP contribution in [0.4, 0.5) is 0 Å². The average molecular weight is 258 g/mol. The Balaban J connectivity index is 2.72. The van der Waals surface area contributed by atoms with Gasteiger partial charge < -0.3 is 15.2 Å². The predicted octanol–water partition coefficient (Wildman–Crippen LogP) is 2.60. The molecular weight excluding hydrogens is 238 g/mol. The summed E-state index contributed by atoms with van der Waals surface area (Å²) in [5.41, 5.74) is 1.01. The van der Waals surface area contributed by atoms with Gasteiger partial charge in [0.05, 0.1) is 6.10 Å². The third kappa shape index (κ3) is 5.39. The number of halogens is 1. The van der Waals surface area contributed by atoms with E-state index in [1.54, 1.807) is 13.0 Å². The first-order chi connectivity index (χ1) is 7.99. The lowest BCUT2D eigenvalue weighted by atomic mass is 10.2. The van der Waals surface area contributed by atoms with E-state index >= 15 is 0 Å². The average Bonchev–Trinajstić information content (AvgIpc) is 2.24. The van der Waals surface area contributed by atoms with Crippen molar-refractivity contribution in [3.05, 3.63) is 28.8 Å². The molecule has 1 aromatic carbocycles. The third-order valence-electron chi connectivity index (χ3n) is 2.20. The van der Waals surface area contributed by atoms with Crippen molar-refractivity contribution in [1.82, 2.24) is 5.32 Å². The molecule has 0 aliphatic carbocycles. The number of aliphatic hydroxyl groups excluding tert-OH is 1. The molecule has 96 valence electrons. The molecule has 0 fully saturated rings. The Hall–Kier alpha value is -0.770. The highest BCUT2D eigenvalue weighted by molar-refractivity contribution is 6.30. The van der Waals surface area contributed by atoms with E-state index in [0.717, 1.165) is 11.3 Å². The van der Waals surface area contributed by atoms with E-state index < -0.39 is 6.10 Å². The third-order valence-corrected chi connectivity index (χ3v) is 2.44. The Bertz CT molecular complexity index is 353. The smallest absolute Gasteiger partial charge is 0.124 e. The summed E-state index contributed by atoms with van der Waals surface area (Å²) >= 11 is 5.96. The topological polar surface area (TPSA) is 41.5 Å². The van der Waals surface area contributed by atoms with Gasteiger partial charge in [-0.15, -0.1) is 0 Å². The highest BCUT2D eigenvalue weighted by Crippen LogP contribution is 2.23. The Morgan fingerprint density at radius 1 is 1.35 bits per heavy atom. The van der Waals surface area contributed by atoms with E-state index in [2.05, 4.69) is 19.2 Å². The molecular formula is C13H20ClNO2. The molecule has 1 atom stereocenters. The van der Waals surface area contributed by atoms with Crippen molar-refractivity contribution >= 4 is 11.6 Å². The van der Waals surface area contributed by atoms with E-state index in [4.69, 9.17) is 16.3 Å². The van der Waals surface area contributed by atoms with Gasteiger partial charge in [-0.3, -0.25) is 0 Å². The van der Waals surface area contributed by atoms with Crippen molar-refractivity contribution in [2.45, 2.75) is 39.5 Å². The molecule has 0 saturated heterocycles. The van der Waals surface area contributed by atoms with Crippen molar-refractivity contribution < 1.29 is 9.84 Å². The first-order valence-electron chi connectivity index (χ1n) is 5.81. The summed E-state index contributed by atoms with van der Waals surface area (Å²) in [7, 11) is 0. The van der Waals surface area contributed by atoms with Crippen LogP contribution in [0.2, 0.25) is 5.02 Å². The fourth-order valence-electron chi connectivity index (χ4n) is 1.35. The quantitative estimate of drug-likeness (QED) is 0.823. The van der Waals surface area contributed by atoms with Gasteiger partial charge in [0.25, 0.3) is 0 Å². The first kappa shape index (κ1) is 14.3. The fourth-order valence-corrected chi connectivity index (χ4v) is 1.55. The van der Waals surface area contributed by atoms with Gasteiger partial charge in [0.15, 0.2) is 0 Å². The molecule has 0 heterocycles. The lowest BCUT2D eigenvalue weighted by molar-refractivity contribution is 0.122. The fraction of sp³-hybridized carbons (Fsp3) is 0.538. The molecule has 0 aliphatic rings. The second kappa shape index (κ2) is 6.84. The van der Waals surface area contributed by atoms with Crippen LogP contribution in [0.25, 0.3) is 0 Å². The Morgan fingerprint density at radius 3 is 2.65 bits per heavy atom. The van der Waals surface area contributed by atoms with Crippen LogP contribution in [0.3, 0.4) is 0 Å². The monoisotopic (exact) mass is 257 g/mol. The number of hydrogen-bond acceptors (Lipinski definition) is 3. The van der Waals surface area contributed by atoms with Crippen molar-refractivity contribution in [3.63, 3.8) is 0 Å². The summed E-state index contributed by atoms with van der Waals surface area (Å²) in [5.74, 6) is 0.767. The van der Waals surface area contributed by atoms with Gasteiger partial charge in [0.2, 0.25) is 0 Å². The zero-order chi connectivity index (χ0) is 12.8. The van der Waals surface area contributed by atoms with E-state index in [1.807, 2.05) is 12.1 Å². The first-order valence-corrected chi connectivity index (χ1v) is 6.19. The summed E-state index contributed by atoms with van der Waals surface area (Å²) < 4.78 is 5.54. The molecule has 0 saturated carbocycles. The van der Waals surface area contributed by atoms with Gasteiger partial charge >= 0.3 is 0 Å². The standard InChI is InChI=1S/C13H20ClNO2/c1-9(2)15-7-11-6-12(14)4-5-13(11)17-8-10(3)16/h4-6,9-10,15-16H,7-8H2,1-3H3. The van der Waals surface area contributed by atoms with Crippen LogP contribution in [0.5, 0.6) is 5.75 Å². The lowest BCUT2D eigenvalue weighted by Crippen LogP contribution is -2.22. The predicted molar refractivity (Wildman–Crippen MR) is 70.6 cm³/mol. The molecule has 2 N–H and O–H groups in total. The van der Waals surface area contributed by atoms with Crippen molar-refractivity contribution in [2.75, 3.05) is 6.61 Å². The molecule has 0 aliphatic heterocycles. The van der Waals surface area contributed by atoms with Gasteiger partial charge in [-0.05, 0) is 25.1 Å². The molecule has 0 radical (unpaired) electrons. The van der Waals surface area contributed by atoms with Crippen LogP contribution in [0.1, 0.15) is 26.3 Å². The van der Waals surface area contributed by atoms with Gasteiger partial charge in [-0.25, -0.2) is 0 Å². The van der Waals surface area contributed by atoms with Crippen LogP contribution < -0.4 is 10.1 Å². The van der Waals surface area contributed by atoms with E-state index in [0.29, 0.717) is 17.6 Å². The van der Waals surface area contributed by atoms with E-state index in [9.17, 15) is 5.11 Å². The molecule has 1 unspecified atom stereocenters. The number of hydrogen-bond donors (Lipinski definition) is 2. The van der Waals surface area contributed by atoms with Crippen molar-refractivity contribution in [1.29, 1.82) is 0 Å². The van der Waals surface area contributed by atoms with Crippen LogP contribution in [0, 0.1) is 0 Å². The summed E-state index contributed by atoms with van der Waals surface area (Å²) in [6.45, 7) is 6.85. The number of aliphatic hydroxyl groups is 1. The van der Waals surface area contributed by atoms with Crippen LogP contribution in [-0.4, -0.2) is 23.9 Å². The van der Waals surface area contributed by atoms with Gasteiger partial charge in [-0.2, -0.15) is 0 Å². The minimum atomic E-state index is -0.475. The Labute approximate surface area is 108 Å². The van der Waals surface area contributed by atoms with Crippen LogP contribution in [-0.2, 0) is 6.54 Å². The molecule has 3 nitrogen and oxygen atoms in total. The Kier molecular flexibility index (Phi) is 5.75. The summed E-state index contributed by atoms with van der Waals surface area (Å²) in [4.78, 5) is 0. The normalized spacial score (nSPS) is 12.8. The molecule has 4 heteroatoms. The molecule has 17 heavy (non-hydrogen) atoms. The highest BCUT2D eigenvalue weighted by Gasteiger charge is 2.06. The minimum Gasteiger partial charge on any atom is -0.491 e. The van der Waals surface area contributed by atoms with Gasteiger partial charge in [0.1, 0.15) is 12.4 Å². The number of nitrogens with one attached hydrogen (secondary N) is 1. The van der Waals surface area contributed by atoms with Gasteiger partial charge in [0, 0.05) is 23.2 Å². The maximum absolute atomic E-state index is 9.21. The second-order valence-electron chi connectivity index (χ2n) is 4.45. The number of ether oxygens (including phenoxy) is 1. The lowest BCUT2D eigenvalue weighted by Gasteiger charge is -2.15. The molecule has 0 amide bonds. The minimum absolute atomic E-state index is 0.288. The molecule has 1 aromatic rings. The maximum atomic E-state index is 9.21. The second-order valence-corrected chi connectivity index (χ2v) is 4.88. The van der Waals surface area contributed by atoms with E-state index in [1.165, 1.54) is 0 Å². The zero-order valence-electron chi connectivity index (χ0n) is 10.5. The zero-order valence-corrected chi connectivity index (χ0v) is 11.3. The number of benzene rings is 1. The SMILES string of the molecule is CC(O)COc1ccc(Cl)cc1CNC(C)C. The van der Waals surface area contributed by atoms with Crippen molar-refractivity contribution in [2.24, 2.45) is 0 Å². The summed E-state index contributed by atoms with van der Waals surface area (Å²) in [6.07, 6.45) is -0.475. The summed E-state index contributed by atoms with van der Waals surface area (Å²) in [5, 5.41) is 13.2. The van der Waals surface area contributed by atoms with Crippen LogP contribution in [0.15, 0.2) is 18.2 Å². The molecule has 1 rings (SSSR count). The Morgan fingerprint density at radius 2 is 2.06 bits per heavy atom. The van der Waals surface area contributed by atoms with E-state index in [-0.39, 0.29) is 6.61 Å². The maximum Gasteiger partial charge on any atom is 0.124 e. The largest absolute Gasteiger partial charge is 0.491 e. The molecule has 0 aromatic heterocycles. The van der Waals surface area contributed by atoms with Gasteiger partial charge in [-0.1, -0.05) is 25.4 Å². The number of rotatable bonds is 6. The van der Waals surface area contributed by atoms with Crippen LogP contribution >= 0.6 is 11.6 Å².